The zero-order valence-electron chi connectivity index (χ0n) is 20.5. The Balaban J connectivity index is 1.89. The van der Waals surface area contributed by atoms with Crippen LogP contribution in [-0.2, 0) is 16.6 Å². The number of aryl methyl sites for hydroxylation is 1. The van der Waals surface area contributed by atoms with Crippen molar-refractivity contribution in [3.8, 4) is 17.2 Å². The molecule has 0 aliphatic carbocycles. The Labute approximate surface area is 192 Å². The fourth-order valence-corrected chi connectivity index (χ4v) is 4.70. The molecule has 0 bridgehead atoms. The summed E-state index contributed by atoms with van der Waals surface area (Å²) in [6.45, 7) is 15.0. The van der Waals surface area contributed by atoms with E-state index in [0.29, 0.717) is 18.0 Å². The van der Waals surface area contributed by atoms with Gasteiger partial charge in [0.05, 0.1) is 0 Å². The molecular formula is C27H37NO4. The molecule has 0 amide bonds. The van der Waals surface area contributed by atoms with Gasteiger partial charge >= 0.3 is 5.97 Å². The minimum Gasteiger partial charge on any atom is -0.489 e. The van der Waals surface area contributed by atoms with Crippen molar-refractivity contribution >= 4 is 11.7 Å². The molecule has 1 atom stereocenters. The number of anilines is 1. The average Bonchev–Trinajstić information content (AvgIpc) is 2.65. The topological polar surface area (TPSA) is 70.8 Å². The van der Waals surface area contributed by atoms with Crippen molar-refractivity contribution < 1.29 is 19.0 Å². The van der Waals surface area contributed by atoms with Crippen molar-refractivity contribution in [3.05, 3.63) is 47.5 Å². The van der Waals surface area contributed by atoms with E-state index in [4.69, 9.17) is 19.9 Å². The first-order valence-corrected chi connectivity index (χ1v) is 11.3. The molecule has 0 fully saturated rings. The summed E-state index contributed by atoms with van der Waals surface area (Å²) < 4.78 is 18.2. The third-order valence-corrected chi connectivity index (χ3v) is 5.82. The third kappa shape index (κ3) is 5.96. The lowest BCUT2D eigenvalue weighted by Crippen LogP contribution is -2.42. The van der Waals surface area contributed by atoms with E-state index in [1.165, 1.54) is 6.92 Å². The van der Waals surface area contributed by atoms with E-state index >= 15 is 0 Å². The molecule has 0 spiro atoms. The summed E-state index contributed by atoms with van der Waals surface area (Å²) in [5, 5.41) is 0. The standard InChI is InChI=1S/C27H37NO4/c1-18(29)31-24-14-19-12-13-27(7,17-30-21-10-8-20(28)9-11-21)32-23(19)15-22(24)26(5,6)16-25(2,3)4/h8-11,14-15H,12-13,16-17,28H2,1-7H3. The van der Waals surface area contributed by atoms with Crippen molar-refractivity contribution in [2.45, 2.75) is 78.7 Å². The number of nitrogen functional groups attached to an aromatic ring is 1. The van der Waals surface area contributed by atoms with Crippen LogP contribution in [0, 0.1) is 5.41 Å². The number of nitrogens with two attached hydrogens (primary N) is 1. The number of hydrogen-bond acceptors (Lipinski definition) is 5. The van der Waals surface area contributed by atoms with Gasteiger partial charge in [0.1, 0.15) is 29.5 Å². The molecule has 5 heteroatoms. The first-order valence-electron chi connectivity index (χ1n) is 11.3. The molecule has 0 saturated heterocycles. The molecule has 3 rings (SSSR count). The molecule has 32 heavy (non-hydrogen) atoms. The fourth-order valence-electron chi connectivity index (χ4n) is 4.70. The number of rotatable bonds is 6. The van der Waals surface area contributed by atoms with Gasteiger partial charge in [0, 0.05) is 18.2 Å². The number of esters is 1. The summed E-state index contributed by atoms with van der Waals surface area (Å²) in [6, 6.07) is 11.4. The van der Waals surface area contributed by atoms with Crippen molar-refractivity contribution in [3.63, 3.8) is 0 Å². The van der Waals surface area contributed by atoms with Crippen molar-refractivity contribution in [1.82, 2.24) is 0 Å². The van der Waals surface area contributed by atoms with Gasteiger partial charge in [-0.3, -0.25) is 4.79 Å². The summed E-state index contributed by atoms with van der Waals surface area (Å²) in [7, 11) is 0. The largest absolute Gasteiger partial charge is 0.489 e. The maximum absolute atomic E-state index is 11.8. The summed E-state index contributed by atoms with van der Waals surface area (Å²) in [6.07, 6.45) is 2.56. The maximum Gasteiger partial charge on any atom is 0.308 e. The Morgan fingerprint density at radius 1 is 1.12 bits per heavy atom. The van der Waals surface area contributed by atoms with Crippen LogP contribution in [0.1, 0.15) is 72.4 Å². The minimum absolute atomic E-state index is 0.120. The molecule has 1 unspecified atom stereocenters. The molecule has 5 nitrogen and oxygen atoms in total. The van der Waals surface area contributed by atoms with Crippen LogP contribution < -0.4 is 19.9 Å². The van der Waals surface area contributed by atoms with E-state index in [0.717, 1.165) is 41.9 Å². The summed E-state index contributed by atoms with van der Waals surface area (Å²) in [5.74, 6) is 1.94. The summed E-state index contributed by atoms with van der Waals surface area (Å²) >= 11 is 0. The van der Waals surface area contributed by atoms with E-state index in [1.54, 1.807) is 0 Å². The van der Waals surface area contributed by atoms with Gasteiger partial charge in [0.15, 0.2) is 0 Å². The van der Waals surface area contributed by atoms with Crippen LogP contribution in [0.3, 0.4) is 0 Å². The Bertz CT molecular complexity index is 972. The van der Waals surface area contributed by atoms with Crippen LogP contribution >= 0.6 is 0 Å². The SMILES string of the molecule is CC(=O)Oc1cc2c(cc1C(C)(C)CC(C)(C)C)OC(C)(COc1ccc(N)cc1)CC2. The van der Waals surface area contributed by atoms with E-state index < -0.39 is 5.60 Å². The molecule has 2 N–H and O–H groups in total. The molecule has 1 heterocycles. The number of carbonyl (C=O) groups excluding carboxylic acids is 1. The molecule has 1 aliphatic heterocycles. The first-order chi connectivity index (χ1) is 14.8. The molecule has 0 radical (unpaired) electrons. The number of fused-ring (bicyclic) bond motifs is 1. The Morgan fingerprint density at radius 3 is 2.38 bits per heavy atom. The van der Waals surface area contributed by atoms with Gasteiger partial charge in [-0.2, -0.15) is 0 Å². The van der Waals surface area contributed by atoms with Crippen LogP contribution in [0.15, 0.2) is 36.4 Å². The van der Waals surface area contributed by atoms with Crippen molar-refractivity contribution in [2.24, 2.45) is 5.41 Å². The number of benzene rings is 2. The average molecular weight is 440 g/mol. The fraction of sp³-hybridized carbons (Fsp3) is 0.519. The highest BCUT2D eigenvalue weighted by atomic mass is 16.5. The highest BCUT2D eigenvalue weighted by molar-refractivity contribution is 5.70. The van der Waals surface area contributed by atoms with Gasteiger partial charge in [-0.05, 0) is 79.0 Å². The zero-order valence-corrected chi connectivity index (χ0v) is 20.5. The maximum atomic E-state index is 11.8. The Morgan fingerprint density at radius 2 is 1.78 bits per heavy atom. The molecule has 174 valence electrons. The van der Waals surface area contributed by atoms with Crippen LogP contribution in [0.2, 0.25) is 0 Å². The Kier molecular flexibility index (Phi) is 6.50. The highest BCUT2D eigenvalue weighted by Gasteiger charge is 2.36. The molecule has 0 saturated carbocycles. The number of ether oxygens (including phenoxy) is 3. The normalized spacial score (nSPS) is 18.5. The summed E-state index contributed by atoms with van der Waals surface area (Å²) in [5.41, 5.74) is 7.99. The van der Waals surface area contributed by atoms with Gasteiger partial charge in [-0.1, -0.05) is 34.6 Å². The van der Waals surface area contributed by atoms with Crippen molar-refractivity contribution in [1.29, 1.82) is 0 Å². The van der Waals surface area contributed by atoms with Crippen LogP contribution in [0.25, 0.3) is 0 Å². The van der Waals surface area contributed by atoms with Gasteiger partial charge in [0.2, 0.25) is 0 Å². The second kappa shape index (κ2) is 8.68. The minimum atomic E-state index is -0.456. The van der Waals surface area contributed by atoms with Crippen LogP contribution in [-0.4, -0.2) is 18.2 Å². The van der Waals surface area contributed by atoms with Gasteiger partial charge in [0.25, 0.3) is 0 Å². The van der Waals surface area contributed by atoms with Gasteiger partial charge in [-0.15, -0.1) is 0 Å². The molecular weight excluding hydrogens is 402 g/mol. The third-order valence-electron chi connectivity index (χ3n) is 5.82. The lowest BCUT2D eigenvalue weighted by Gasteiger charge is -2.38. The number of carbonyl (C=O) groups is 1. The van der Waals surface area contributed by atoms with E-state index in [2.05, 4.69) is 47.6 Å². The van der Waals surface area contributed by atoms with E-state index in [-0.39, 0.29) is 16.8 Å². The zero-order chi connectivity index (χ0) is 23.7. The summed E-state index contributed by atoms with van der Waals surface area (Å²) in [4.78, 5) is 11.8. The van der Waals surface area contributed by atoms with Gasteiger partial charge in [-0.25, -0.2) is 0 Å². The van der Waals surface area contributed by atoms with Crippen LogP contribution in [0.5, 0.6) is 17.2 Å². The second-order valence-corrected chi connectivity index (χ2v) is 11.1. The van der Waals surface area contributed by atoms with Crippen LogP contribution in [0.4, 0.5) is 5.69 Å². The lowest BCUT2D eigenvalue weighted by atomic mass is 9.71. The van der Waals surface area contributed by atoms with E-state index in [9.17, 15) is 4.79 Å². The molecule has 1 aliphatic rings. The highest BCUT2D eigenvalue weighted by Crippen LogP contribution is 2.45. The van der Waals surface area contributed by atoms with Crippen molar-refractivity contribution in [2.75, 3.05) is 12.3 Å². The number of hydrogen-bond donors (Lipinski definition) is 1. The van der Waals surface area contributed by atoms with E-state index in [1.807, 2.05) is 30.3 Å². The second-order valence-electron chi connectivity index (χ2n) is 11.1. The predicted octanol–water partition coefficient (Wildman–Crippen LogP) is 6.07. The predicted molar refractivity (Wildman–Crippen MR) is 129 cm³/mol. The monoisotopic (exact) mass is 439 g/mol. The molecule has 0 aromatic heterocycles. The smallest absolute Gasteiger partial charge is 0.308 e. The molecule has 2 aromatic rings. The quantitative estimate of drug-likeness (QED) is 0.336. The van der Waals surface area contributed by atoms with Gasteiger partial charge < -0.3 is 19.9 Å². The lowest BCUT2D eigenvalue weighted by molar-refractivity contribution is -0.132. The molecule has 2 aromatic carbocycles. The Hall–Kier alpha value is -2.69. The first kappa shape index (κ1) is 24.0.